The molecule has 1 aliphatic rings. The molecule has 1 aliphatic heterocycles. The number of fused-ring (bicyclic) bond motifs is 1. The molecule has 1 fully saturated rings. The lowest BCUT2D eigenvalue weighted by Gasteiger charge is -2.27. The first-order chi connectivity index (χ1) is 11.2. The molecular weight excluding hydrogens is 296 g/mol. The van der Waals surface area contributed by atoms with E-state index in [1.165, 1.54) is 14.2 Å². The van der Waals surface area contributed by atoms with Crippen LogP contribution in [-0.4, -0.2) is 50.4 Å². The molecule has 2 aromatic rings. The Bertz CT molecular complexity index is 780. The molecule has 8 heteroatoms. The summed E-state index contributed by atoms with van der Waals surface area (Å²) in [7, 11) is 3.00. The normalized spacial score (nSPS) is 14.6. The van der Waals surface area contributed by atoms with Crippen LogP contribution in [0, 0.1) is 11.3 Å². The molecule has 0 unspecified atom stereocenters. The van der Waals surface area contributed by atoms with Gasteiger partial charge in [-0.05, 0) is 6.07 Å². The first kappa shape index (κ1) is 15.1. The minimum absolute atomic E-state index is 0.298. The van der Waals surface area contributed by atoms with Gasteiger partial charge in [-0.1, -0.05) is 0 Å². The first-order valence-electron chi connectivity index (χ1n) is 7.27. The van der Waals surface area contributed by atoms with Crippen LogP contribution in [0.1, 0.15) is 5.56 Å². The molecule has 3 N–H and O–H groups in total. The molecule has 23 heavy (non-hydrogen) atoms. The molecule has 0 amide bonds. The van der Waals surface area contributed by atoms with Crippen LogP contribution < -0.4 is 25.4 Å². The number of nitrogens with two attached hydrogens (primary N) is 1. The number of benzene rings is 1. The second-order valence-corrected chi connectivity index (χ2v) is 5.14. The third-order valence-corrected chi connectivity index (χ3v) is 3.86. The van der Waals surface area contributed by atoms with Crippen molar-refractivity contribution in [3.8, 4) is 17.6 Å². The van der Waals surface area contributed by atoms with E-state index < -0.39 is 0 Å². The molecule has 0 radical (unpaired) electrons. The quantitative estimate of drug-likeness (QED) is 0.843. The maximum atomic E-state index is 9.55. The summed E-state index contributed by atoms with van der Waals surface area (Å²) in [4.78, 5) is 11.0. The second kappa shape index (κ2) is 6.14. The molecule has 0 saturated carbocycles. The van der Waals surface area contributed by atoms with Gasteiger partial charge in [0.25, 0.3) is 0 Å². The zero-order valence-corrected chi connectivity index (χ0v) is 13.1. The summed E-state index contributed by atoms with van der Waals surface area (Å²) in [5.74, 6) is 1.63. The molecular formula is C15H18N6O2. The van der Waals surface area contributed by atoms with Gasteiger partial charge in [0, 0.05) is 31.6 Å². The number of rotatable bonds is 3. The van der Waals surface area contributed by atoms with Crippen LogP contribution in [0.4, 0.5) is 11.8 Å². The van der Waals surface area contributed by atoms with Crippen LogP contribution in [0.25, 0.3) is 10.9 Å². The van der Waals surface area contributed by atoms with Crippen molar-refractivity contribution in [2.24, 2.45) is 0 Å². The van der Waals surface area contributed by atoms with Crippen LogP contribution in [0.5, 0.6) is 11.5 Å². The SMILES string of the molecule is COc1cc2c(N)nc(N3CCNCC3)nc2c(C#N)c1OC. The number of hydrogen-bond donors (Lipinski definition) is 2. The molecule has 0 bridgehead atoms. The lowest BCUT2D eigenvalue weighted by molar-refractivity contribution is 0.355. The summed E-state index contributed by atoms with van der Waals surface area (Å²) in [5.41, 5.74) is 6.88. The summed E-state index contributed by atoms with van der Waals surface area (Å²) >= 11 is 0. The van der Waals surface area contributed by atoms with E-state index in [2.05, 4.69) is 21.4 Å². The van der Waals surface area contributed by atoms with Gasteiger partial charge in [-0.2, -0.15) is 10.2 Å². The predicted octanol–water partition coefficient (Wildman–Crippen LogP) is 0.510. The topological polar surface area (TPSA) is 109 Å². The monoisotopic (exact) mass is 314 g/mol. The van der Waals surface area contributed by atoms with E-state index in [1.54, 1.807) is 6.07 Å². The maximum Gasteiger partial charge on any atom is 0.228 e. The molecule has 1 aromatic heterocycles. The van der Waals surface area contributed by atoms with Crippen LogP contribution in [0.2, 0.25) is 0 Å². The minimum Gasteiger partial charge on any atom is -0.493 e. The van der Waals surface area contributed by atoms with E-state index in [0.29, 0.717) is 39.7 Å². The van der Waals surface area contributed by atoms with Gasteiger partial charge in [-0.15, -0.1) is 0 Å². The standard InChI is InChI=1S/C15H18N6O2/c1-22-11-7-9-12(10(8-16)13(11)23-2)19-15(20-14(9)17)21-5-3-18-4-6-21/h7,18H,3-6H2,1-2H3,(H2,17,19,20). The van der Waals surface area contributed by atoms with E-state index in [9.17, 15) is 5.26 Å². The fourth-order valence-electron chi connectivity index (χ4n) is 2.70. The van der Waals surface area contributed by atoms with Gasteiger partial charge in [0.2, 0.25) is 5.95 Å². The third kappa shape index (κ3) is 2.55. The summed E-state index contributed by atoms with van der Waals surface area (Å²) in [6.45, 7) is 3.30. The highest BCUT2D eigenvalue weighted by molar-refractivity contribution is 5.96. The Kier molecular flexibility index (Phi) is 4.04. The zero-order valence-electron chi connectivity index (χ0n) is 13.1. The van der Waals surface area contributed by atoms with Crippen LogP contribution in [0.3, 0.4) is 0 Å². The zero-order chi connectivity index (χ0) is 16.4. The number of nitriles is 1. The lowest BCUT2D eigenvalue weighted by atomic mass is 10.1. The molecule has 2 heterocycles. The third-order valence-electron chi connectivity index (χ3n) is 3.86. The fraction of sp³-hybridized carbons (Fsp3) is 0.400. The second-order valence-electron chi connectivity index (χ2n) is 5.14. The average Bonchev–Trinajstić information content (AvgIpc) is 2.60. The van der Waals surface area contributed by atoms with Gasteiger partial charge in [0.05, 0.1) is 19.7 Å². The molecule has 8 nitrogen and oxygen atoms in total. The van der Waals surface area contributed by atoms with Crippen molar-refractivity contribution in [1.82, 2.24) is 15.3 Å². The number of nitrogen functional groups attached to an aromatic ring is 1. The van der Waals surface area contributed by atoms with Crippen molar-refractivity contribution in [3.05, 3.63) is 11.6 Å². The van der Waals surface area contributed by atoms with Crippen molar-refractivity contribution in [2.45, 2.75) is 0 Å². The van der Waals surface area contributed by atoms with Crippen LogP contribution >= 0.6 is 0 Å². The van der Waals surface area contributed by atoms with E-state index in [4.69, 9.17) is 15.2 Å². The van der Waals surface area contributed by atoms with Gasteiger partial charge in [0.1, 0.15) is 17.5 Å². The van der Waals surface area contributed by atoms with Crippen molar-refractivity contribution in [2.75, 3.05) is 51.0 Å². The summed E-state index contributed by atoms with van der Waals surface area (Å²) in [6.07, 6.45) is 0. The van der Waals surface area contributed by atoms with E-state index in [-0.39, 0.29) is 0 Å². The Labute approximate surface area is 133 Å². The molecule has 1 saturated heterocycles. The number of anilines is 2. The van der Waals surface area contributed by atoms with E-state index in [1.807, 2.05) is 4.90 Å². The largest absolute Gasteiger partial charge is 0.493 e. The van der Waals surface area contributed by atoms with E-state index >= 15 is 0 Å². The molecule has 0 aliphatic carbocycles. The summed E-state index contributed by atoms with van der Waals surface area (Å²) in [6, 6.07) is 3.84. The number of hydrogen-bond acceptors (Lipinski definition) is 8. The summed E-state index contributed by atoms with van der Waals surface area (Å²) in [5, 5.41) is 13.4. The number of ether oxygens (including phenoxy) is 2. The number of piperazine rings is 1. The number of nitrogens with zero attached hydrogens (tertiary/aromatic N) is 4. The highest BCUT2D eigenvalue weighted by Crippen LogP contribution is 2.38. The molecule has 3 rings (SSSR count). The smallest absolute Gasteiger partial charge is 0.228 e. The van der Waals surface area contributed by atoms with Crippen LogP contribution in [0.15, 0.2) is 6.07 Å². The Morgan fingerprint density at radius 1 is 1.26 bits per heavy atom. The Hall–Kier alpha value is -2.79. The van der Waals surface area contributed by atoms with Crippen LogP contribution in [-0.2, 0) is 0 Å². The molecule has 0 spiro atoms. The highest BCUT2D eigenvalue weighted by Gasteiger charge is 2.21. The predicted molar refractivity (Wildman–Crippen MR) is 86.9 cm³/mol. The molecule has 120 valence electrons. The van der Waals surface area contributed by atoms with Gasteiger partial charge < -0.3 is 25.4 Å². The average molecular weight is 314 g/mol. The van der Waals surface area contributed by atoms with Gasteiger partial charge in [-0.3, -0.25) is 0 Å². The Morgan fingerprint density at radius 2 is 2.00 bits per heavy atom. The number of nitrogens with one attached hydrogen (secondary N) is 1. The van der Waals surface area contributed by atoms with Gasteiger partial charge in [-0.25, -0.2) is 4.98 Å². The molecule has 0 atom stereocenters. The van der Waals surface area contributed by atoms with Crippen molar-refractivity contribution in [1.29, 1.82) is 5.26 Å². The first-order valence-corrected chi connectivity index (χ1v) is 7.27. The minimum atomic E-state index is 0.298. The van der Waals surface area contributed by atoms with Crippen molar-refractivity contribution in [3.63, 3.8) is 0 Å². The Morgan fingerprint density at radius 3 is 2.61 bits per heavy atom. The molecule has 1 aromatic carbocycles. The Balaban J connectivity index is 2.24. The summed E-state index contributed by atoms with van der Waals surface area (Å²) < 4.78 is 10.6. The highest BCUT2D eigenvalue weighted by atomic mass is 16.5. The van der Waals surface area contributed by atoms with Gasteiger partial charge in [0.15, 0.2) is 11.5 Å². The number of methoxy groups -OCH3 is 2. The van der Waals surface area contributed by atoms with Crippen molar-refractivity contribution >= 4 is 22.7 Å². The van der Waals surface area contributed by atoms with Crippen molar-refractivity contribution < 1.29 is 9.47 Å². The number of aromatic nitrogens is 2. The van der Waals surface area contributed by atoms with E-state index in [0.717, 1.165) is 26.2 Å². The maximum absolute atomic E-state index is 9.55. The fourth-order valence-corrected chi connectivity index (χ4v) is 2.70. The van der Waals surface area contributed by atoms with Gasteiger partial charge >= 0.3 is 0 Å². The lowest BCUT2D eigenvalue weighted by Crippen LogP contribution is -2.44.